The largest absolute Gasteiger partial charge is 0.334 e. The van der Waals surface area contributed by atoms with Crippen LogP contribution in [0.5, 0.6) is 0 Å². The van der Waals surface area contributed by atoms with Crippen LogP contribution in [0.1, 0.15) is 0 Å². The predicted molar refractivity (Wildman–Crippen MR) is 31.8 cm³/mol. The molecule has 0 N–H and O–H groups in total. The third-order valence-electron chi connectivity index (χ3n) is 1.29. The van der Waals surface area contributed by atoms with Gasteiger partial charge in [-0.2, -0.15) is 0 Å². The van der Waals surface area contributed by atoms with Crippen molar-refractivity contribution in [1.29, 1.82) is 0 Å². The van der Waals surface area contributed by atoms with Crippen LogP contribution in [0.4, 0.5) is 0 Å². The minimum atomic E-state index is -0.447. The number of amides is 1. The highest BCUT2D eigenvalue weighted by Gasteiger charge is 2.29. The summed E-state index contributed by atoms with van der Waals surface area (Å²) >= 11 is 0. The van der Waals surface area contributed by atoms with Gasteiger partial charge in [0.1, 0.15) is 0 Å². The van der Waals surface area contributed by atoms with Gasteiger partial charge in [-0.3, -0.25) is 9.59 Å². The summed E-state index contributed by atoms with van der Waals surface area (Å²) in [4.78, 5) is 22.6. The van der Waals surface area contributed by atoms with Gasteiger partial charge >= 0.3 is 0 Å². The van der Waals surface area contributed by atoms with Gasteiger partial charge in [-0.05, 0) is 0 Å². The molecule has 0 atom stereocenters. The third-order valence-corrected chi connectivity index (χ3v) is 1.29. The molecule has 9 heavy (non-hydrogen) atoms. The van der Waals surface area contributed by atoms with Crippen molar-refractivity contribution in [3.05, 3.63) is 12.2 Å². The monoisotopic (exact) mass is 125 g/mol. The molecule has 0 radical (unpaired) electrons. The van der Waals surface area contributed by atoms with Crippen molar-refractivity contribution in [2.75, 3.05) is 13.6 Å². The zero-order valence-corrected chi connectivity index (χ0v) is 5.18. The quantitative estimate of drug-likeness (QED) is 0.326. The Morgan fingerprint density at radius 2 is 2.11 bits per heavy atom. The lowest BCUT2D eigenvalue weighted by molar-refractivity contribution is -0.138. The van der Waals surface area contributed by atoms with E-state index < -0.39 is 11.7 Å². The van der Waals surface area contributed by atoms with Crippen molar-refractivity contribution in [1.82, 2.24) is 4.90 Å². The van der Waals surface area contributed by atoms with Crippen molar-refractivity contribution in [2.24, 2.45) is 0 Å². The topological polar surface area (TPSA) is 37.4 Å². The van der Waals surface area contributed by atoms with Gasteiger partial charge in [0.05, 0.1) is 0 Å². The second-order valence-electron chi connectivity index (χ2n) is 2.09. The molecular formula is C6H7NO2. The normalized spacial score (nSPS) is 19.7. The van der Waals surface area contributed by atoms with E-state index in [1.54, 1.807) is 7.05 Å². The second kappa shape index (κ2) is 1.69. The number of rotatable bonds is 0. The smallest absolute Gasteiger partial charge is 0.294 e. The van der Waals surface area contributed by atoms with Crippen LogP contribution < -0.4 is 0 Å². The average molecular weight is 125 g/mol. The van der Waals surface area contributed by atoms with E-state index in [2.05, 4.69) is 6.58 Å². The van der Waals surface area contributed by atoms with Crippen molar-refractivity contribution in [2.45, 2.75) is 0 Å². The maximum absolute atomic E-state index is 10.6. The lowest BCUT2D eigenvalue weighted by Gasteiger charge is -2.01. The average Bonchev–Trinajstić information content (AvgIpc) is 1.98. The first-order valence-corrected chi connectivity index (χ1v) is 2.60. The standard InChI is InChI=1S/C6H7NO2/c1-4-3-7(2)6(9)5(4)8/h1,3H2,2H3. The van der Waals surface area contributed by atoms with Crippen LogP contribution in [0.15, 0.2) is 12.2 Å². The lowest BCUT2D eigenvalue weighted by Crippen LogP contribution is -2.22. The van der Waals surface area contributed by atoms with E-state index in [9.17, 15) is 9.59 Å². The highest BCUT2D eigenvalue weighted by Crippen LogP contribution is 2.07. The Balaban J connectivity index is 2.90. The highest BCUT2D eigenvalue weighted by atomic mass is 16.2. The fraction of sp³-hybridized carbons (Fsp3) is 0.333. The van der Waals surface area contributed by atoms with Crippen molar-refractivity contribution in [3.63, 3.8) is 0 Å². The molecule has 1 rings (SSSR count). The van der Waals surface area contributed by atoms with E-state index in [0.717, 1.165) is 0 Å². The van der Waals surface area contributed by atoms with Crippen molar-refractivity contribution >= 4 is 11.7 Å². The number of likely N-dealkylation sites (N-methyl/N-ethyl adjacent to an activating group) is 1. The van der Waals surface area contributed by atoms with E-state index in [-0.39, 0.29) is 0 Å². The van der Waals surface area contributed by atoms with Gasteiger partial charge in [-0.25, -0.2) is 0 Å². The first-order valence-electron chi connectivity index (χ1n) is 2.60. The molecule has 0 aromatic heterocycles. The molecule has 0 spiro atoms. The van der Waals surface area contributed by atoms with Gasteiger partial charge in [-0.15, -0.1) is 0 Å². The van der Waals surface area contributed by atoms with Gasteiger partial charge in [0.25, 0.3) is 5.91 Å². The maximum atomic E-state index is 10.6. The van der Waals surface area contributed by atoms with Gasteiger partial charge in [0, 0.05) is 19.2 Å². The molecule has 1 heterocycles. The molecule has 3 nitrogen and oxygen atoms in total. The number of carbonyl (C=O) groups excluding carboxylic acids is 2. The number of hydrogen-bond acceptors (Lipinski definition) is 2. The molecule has 0 aromatic carbocycles. The Kier molecular flexibility index (Phi) is 1.12. The van der Waals surface area contributed by atoms with Gasteiger partial charge in [0.2, 0.25) is 5.78 Å². The molecule has 0 aromatic rings. The second-order valence-corrected chi connectivity index (χ2v) is 2.09. The summed E-state index contributed by atoms with van der Waals surface area (Å²) in [6.45, 7) is 3.81. The number of ketones is 1. The van der Waals surface area contributed by atoms with E-state index in [1.807, 2.05) is 0 Å². The number of hydrogen-bond donors (Lipinski definition) is 0. The summed E-state index contributed by atoms with van der Waals surface area (Å²) in [6.07, 6.45) is 0. The minimum Gasteiger partial charge on any atom is -0.334 e. The number of nitrogens with zero attached hydrogens (tertiary/aromatic N) is 1. The summed E-state index contributed by atoms with van der Waals surface area (Å²) in [5.41, 5.74) is 0.391. The molecule has 1 amide bonds. The molecule has 0 aliphatic carbocycles. The number of carbonyl (C=O) groups is 2. The Morgan fingerprint density at radius 3 is 2.22 bits per heavy atom. The third kappa shape index (κ3) is 0.740. The Morgan fingerprint density at radius 1 is 1.56 bits per heavy atom. The highest BCUT2D eigenvalue weighted by molar-refractivity contribution is 6.44. The lowest BCUT2D eigenvalue weighted by atomic mass is 10.2. The molecule has 48 valence electrons. The molecule has 1 aliphatic rings. The first kappa shape index (κ1) is 6.01. The first-order chi connectivity index (χ1) is 4.13. The molecule has 0 saturated carbocycles. The number of likely N-dealkylation sites (tertiary alicyclic amines) is 1. The summed E-state index contributed by atoms with van der Waals surface area (Å²) < 4.78 is 0. The summed E-state index contributed by atoms with van der Waals surface area (Å²) in [5, 5.41) is 0. The molecular weight excluding hydrogens is 118 g/mol. The number of Topliss-reactive ketones (excluding diaryl/α,β-unsaturated/α-hetero) is 1. The fourth-order valence-electron chi connectivity index (χ4n) is 0.754. The van der Waals surface area contributed by atoms with E-state index in [1.165, 1.54) is 4.90 Å². The molecule has 0 unspecified atom stereocenters. The molecule has 1 fully saturated rings. The summed E-state index contributed by atoms with van der Waals surface area (Å²) in [6, 6.07) is 0. The minimum absolute atomic E-state index is 0.387. The van der Waals surface area contributed by atoms with Crippen LogP contribution >= 0.6 is 0 Å². The van der Waals surface area contributed by atoms with E-state index >= 15 is 0 Å². The molecule has 1 aliphatic heterocycles. The van der Waals surface area contributed by atoms with Crippen LogP contribution in [0.25, 0.3) is 0 Å². The van der Waals surface area contributed by atoms with E-state index in [4.69, 9.17) is 0 Å². The maximum Gasteiger partial charge on any atom is 0.294 e. The van der Waals surface area contributed by atoms with Gasteiger partial charge < -0.3 is 4.90 Å². The molecule has 0 bridgehead atoms. The molecule has 1 saturated heterocycles. The van der Waals surface area contributed by atoms with Gasteiger partial charge in [-0.1, -0.05) is 6.58 Å². The van der Waals surface area contributed by atoms with Crippen LogP contribution in [0, 0.1) is 0 Å². The Labute approximate surface area is 53.0 Å². The van der Waals surface area contributed by atoms with Crippen LogP contribution in [0.2, 0.25) is 0 Å². The predicted octanol–water partition coefficient (Wildman–Crippen LogP) is -0.416. The van der Waals surface area contributed by atoms with E-state index in [0.29, 0.717) is 12.1 Å². The van der Waals surface area contributed by atoms with Crippen molar-refractivity contribution < 1.29 is 9.59 Å². The summed E-state index contributed by atoms with van der Waals surface area (Å²) in [7, 11) is 1.58. The Bertz CT molecular complexity index is 195. The molecule has 3 heteroatoms. The zero-order chi connectivity index (χ0) is 7.02. The van der Waals surface area contributed by atoms with Crippen LogP contribution in [-0.2, 0) is 9.59 Å². The zero-order valence-electron chi connectivity index (χ0n) is 5.18. The Hall–Kier alpha value is -1.12. The SMILES string of the molecule is C=C1CN(C)C(=O)C1=O. The van der Waals surface area contributed by atoms with Crippen molar-refractivity contribution in [3.8, 4) is 0 Å². The fourth-order valence-corrected chi connectivity index (χ4v) is 0.754. The van der Waals surface area contributed by atoms with Crippen LogP contribution in [-0.4, -0.2) is 30.2 Å². The summed E-state index contributed by atoms with van der Waals surface area (Å²) in [5.74, 6) is -0.891. The van der Waals surface area contributed by atoms with Crippen LogP contribution in [0.3, 0.4) is 0 Å². The van der Waals surface area contributed by atoms with Gasteiger partial charge in [0.15, 0.2) is 0 Å².